The SMILES string of the molecule is CC1(CNC(=O)NC(CCC(=O)O)C(=O)O)CCOCC1. The summed E-state index contributed by atoms with van der Waals surface area (Å²) in [5.41, 5.74) is -0.0601. The predicted molar refractivity (Wildman–Crippen MR) is 73.0 cm³/mol. The number of hydrogen-bond donors (Lipinski definition) is 4. The third kappa shape index (κ3) is 6.44. The van der Waals surface area contributed by atoms with E-state index >= 15 is 0 Å². The summed E-state index contributed by atoms with van der Waals surface area (Å²) < 4.78 is 5.26. The molecular formula is C13H22N2O6. The van der Waals surface area contributed by atoms with Gasteiger partial charge in [-0.25, -0.2) is 9.59 Å². The molecule has 21 heavy (non-hydrogen) atoms. The van der Waals surface area contributed by atoms with Crippen LogP contribution in [0.25, 0.3) is 0 Å². The van der Waals surface area contributed by atoms with Gasteiger partial charge in [0.05, 0.1) is 0 Å². The Morgan fingerprint density at radius 2 is 1.86 bits per heavy atom. The number of carbonyl (C=O) groups is 3. The first-order chi connectivity index (χ1) is 9.82. The van der Waals surface area contributed by atoms with Crippen LogP contribution in [0.15, 0.2) is 0 Å². The average Bonchev–Trinajstić information content (AvgIpc) is 2.41. The van der Waals surface area contributed by atoms with Crippen LogP contribution in [0, 0.1) is 5.41 Å². The number of ether oxygens (including phenoxy) is 1. The standard InChI is InChI=1S/C13H22N2O6/c1-13(4-6-21-7-5-13)8-14-12(20)15-9(11(18)19)2-3-10(16)17/h9H,2-8H2,1H3,(H,16,17)(H,18,19)(H2,14,15,20). The van der Waals surface area contributed by atoms with Crippen LogP contribution in [-0.4, -0.2) is 54.0 Å². The van der Waals surface area contributed by atoms with E-state index in [9.17, 15) is 14.4 Å². The number of nitrogens with one attached hydrogen (secondary N) is 2. The molecule has 1 saturated heterocycles. The normalized spacial score (nSPS) is 18.5. The van der Waals surface area contributed by atoms with Gasteiger partial charge < -0.3 is 25.6 Å². The number of amides is 2. The highest BCUT2D eigenvalue weighted by Gasteiger charge is 2.28. The summed E-state index contributed by atoms with van der Waals surface area (Å²) in [5, 5.41) is 22.4. The molecule has 8 heteroatoms. The van der Waals surface area contributed by atoms with Gasteiger partial charge in [-0.1, -0.05) is 6.92 Å². The summed E-state index contributed by atoms with van der Waals surface area (Å²) in [6.45, 7) is 3.76. The summed E-state index contributed by atoms with van der Waals surface area (Å²) in [5.74, 6) is -2.35. The highest BCUT2D eigenvalue weighted by molar-refractivity contribution is 5.83. The quantitative estimate of drug-likeness (QED) is 0.540. The Labute approximate surface area is 122 Å². The third-order valence-corrected chi connectivity index (χ3v) is 3.63. The molecule has 2 amide bonds. The minimum Gasteiger partial charge on any atom is -0.481 e. The molecule has 0 saturated carbocycles. The first kappa shape index (κ1) is 17.2. The van der Waals surface area contributed by atoms with Crippen molar-refractivity contribution < 1.29 is 29.3 Å². The third-order valence-electron chi connectivity index (χ3n) is 3.63. The lowest BCUT2D eigenvalue weighted by molar-refractivity contribution is -0.140. The Morgan fingerprint density at radius 1 is 1.24 bits per heavy atom. The summed E-state index contributed by atoms with van der Waals surface area (Å²) in [4.78, 5) is 33.1. The molecule has 1 fully saturated rings. The van der Waals surface area contributed by atoms with Gasteiger partial charge in [0.25, 0.3) is 0 Å². The zero-order valence-corrected chi connectivity index (χ0v) is 12.1. The van der Waals surface area contributed by atoms with E-state index in [0.29, 0.717) is 19.8 Å². The number of carboxylic acid groups (broad SMARTS) is 2. The van der Waals surface area contributed by atoms with E-state index in [1.807, 2.05) is 6.92 Å². The summed E-state index contributed by atoms with van der Waals surface area (Å²) in [6, 6.07) is -1.80. The maximum atomic E-state index is 11.7. The second kappa shape index (κ2) is 7.82. The summed E-state index contributed by atoms with van der Waals surface area (Å²) >= 11 is 0. The molecule has 0 aliphatic carbocycles. The minimum atomic E-state index is -1.25. The molecule has 0 bridgehead atoms. The second-order valence-electron chi connectivity index (χ2n) is 5.57. The largest absolute Gasteiger partial charge is 0.481 e. The van der Waals surface area contributed by atoms with E-state index in [1.165, 1.54) is 0 Å². The molecule has 1 rings (SSSR count). The van der Waals surface area contributed by atoms with Gasteiger partial charge in [0.2, 0.25) is 0 Å². The molecule has 0 aromatic carbocycles. The Hall–Kier alpha value is -1.83. The molecule has 1 aliphatic rings. The van der Waals surface area contributed by atoms with E-state index in [4.69, 9.17) is 14.9 Å². The van der Waals surface area contributed by atoms with Crippen molar-refractivity contribution in [1.82, 2.24) is 10.6 Å². The number of urea groups is 1. The molecular weight excluding hydrogens is 280 g/mol. The summed E-state index contributed by atoms with van der Waals surface area (Å²) in [7, 11) is 0. The number of hydrogen-bond acceptors (Lipinski definition) is 4. The first-order valence-electron chi connectivity index (χ1n) is 6.89. The van der Waals surface area contributed by atoms with Crippen LogP contribution in [0.1, 0.15) is 32.6 Å². The van der Waals surface area contributed by atoms with E-state index in [1.54, 1.807) is 0 Å². The zero-order valence-electron chi connectivity index (χ0n) is 12.1. The number of aliphatic carboxylic acids is 2. The van der Waals surface area contributed by atoms with Gasteiger partial charge in [0.1, 0.15) is 6.04 Å². The molecule has 0 spiro atoms. The van der Waals surface area contributed by atoms with Crippen molar-refractivity contribution in [3.63, 3.8) is 0 Å². The molecule has 4 N–H and O–H groups in total. The van der Waals surface area contributed by atoms with Crippen molar-refractivity contribution in [2.24, 2.45) is 5.41 Å². The lowest BCUT2D eigenvalue weighted by Gasteiger charge is -2.33. The van der Waals surface area contributed by atoms with Crippen molar-refractivity contribution in [3.05, 3.63) is 0 Å². The van der Waals surface area contributed by atoms with Crippen LogP contribution < -0.4 is 10.6 Å². The lowest BCUT2D eigenvalue weighted by Crippen LogP contribution is -2.49. The Morgan fingerprint density at radius 3 is 2.38 bits per heavy atom. The molecule has 0 aromatic heterocycles. The van der Waals surface area contributed by atoms with E-state index in [0.717, 1.165) is 12.8 Å². The van der Waals surface area contributed by atoms with Crippen LogP contribution in [0.3, 0.4) is 0 Å². The van der Waals surface area contributed by atoms with Crippen LogP contribution in [0.4, 0.5) is 4.79 Å². The van der Waals surface area contributed by atoms with Crippen molar-refractivity contribution in [2.75, 3.05) is 19.8 Å². The van der Waals surface area contributed by atoms with E-state index in [2.05, 4.69) is 10.6 Å². The number of carboxylic acids is 2. The molecule has 120 valence electrons. The smallest absolute Gasteiger partial charge is 0.326 e. The van der Waals surface area contributed by atoms with Crippen molar-refractivity contribution >= 4 is 18.0 Å². The van der Waals surface area contributed by atoms with Gasteiger partial charge in [0, 0.05) is 26.2 Å². The van der Waals surface area contributed by atoms with Crippen LogP contribution in [0.5, 0.6) is 0 Å². The minimum absolute atomic E-state index is 0.0601. The monoisotopic (exact) mass is 302 g/mol. The number of rotatable bonds is 7. The van der Waals surface area contributed by atoms with E-state index in [-0.39, 0.29) is 18.3 Å². The predicted octanol–water partition coefficient (Wildman–Crippen LogP) is 0.420. The fraction of sp³-hybridized carbons (Fsp3) is 0.769. The zero-order chi connectivity index (χ0) is 15.9. The Kier molecular flexibility index (Phi) is 6.41. The lowest BCUT2D eigenvalue weighted by atomic mass is 9.82. The van der Waals surface area contributed by atoms with Crippen molar-refractivity contribution in [2.45, 2.75) is 38.6 Å². The Bertz CT molecular complexity index is 392. The van der Waals surface area contributed by atoms with Crippen LogP contribution in [-0.2, 0) is 14.3 Å². The van der Waals surface area contributed by atoms with Gasteiger partial charge in [-0.3, -0.25) is 4.79 Å². The fourth-order valence-electron chi connectivity index (χ4n) is 2.07. The van der Waals surface area contributed by atoms with Gasteiger partial charge in [-0.15, -0.1) is 0 Å². The average molecular weight is 302 g/mol. The van der Waals surface area contributed by atoms with Gasteiger partial charge in [-0.05, 0) is 24.7 Å². The highest BCUT2D eigenvalue weighted by Crippen LogP contribution is 2.28. The Balaban J connectivity index is 2.39. The van der Waals surface area contributed by atoms with Crippen molar-refractivity contribution in [3.8, 4) is 0 Å². The molecule has 1 aliphatic heterocycles. The first-order valence-corrected chi connectivity index (χ1v) is 6.89. The molecule has 1 unspecified atom stereocenters. The molecule has 1 atom stereocenters. The van der Waals surface area contributed by atoms with Gasteiger partial charge >= 0.3 is 18.0 Å². The van der Waals surface area contributed by atoms with Gasteiger partial charge in [0.15, 0.2) is 0 Å². The van der Waals surface area contributed by atoms with E-state index < -0.39 is 24.0 Å². The maximum absolute atomic E-state index is 11.7. The molecule has 1 heterocycles. The second-order valence-corrected chi connectivity index (χ2v) is 5.57. The molecule has 0 radical (unpaired) electrons. The molecule has 8 nitrogen and oxygen atoms in total. The topological polar surface area (TPSA) is 125 Å². The fourth-order valence-corrected chi connectivity index (χ4v) is 2.07. The summed E-state index contributed by atoms with van der Waals surface area (Å²) in [6.07, 6.45) is 1.19. The van der Waals surface area contributed by atoms with Crippen molar-refractivity contribution in [1.29, 1.82) is 0 Å². The van der Waals surface area contributed by atoms with Crippen LogP contribution in [0.2, 0.25) is 0 Å². The molecule has 0 aromatic rings. The maximum Gasteiger partial charge on any atom is 0.326 e. The highest BCUT2D eigenvalue weighted by atomic mass is 16.5. The van der Waals surface area contributed by atoms with Gasteiger partial charge in [-0.2, -0.15) is 0 Å². The van der Waals surface area contributed by atoms with Crippen LogP contribution >= 0.6 is 0 Å². The number of carbonyl (C=O) groups excluding carboxylic acids is 1.